The summed E-state index contributed by atoms with van der Waals surface area (Å²) >= 11 is 5.12. The SMILES string of the molecule is CNc1nc(Sc2ccccc2Br)c2cn[nH]c2n1. The number of aromatic nitrogens is 4. The van der Waals surface area contributed by atoms with Gasteiger partial charge in [0.2, 0.25) is 5.95 Å². The number of hydrogen-bond acceptors (Lipinski definition) is 5. The summed E-state index contributed by atoms with van der Waals surface area (Å²) in [7, 11) is 1.80. The van der Waals surface area contributed by atoms with E-state index in [1.807, 2.05) is 24.3 Å². The number of H-pyrrole nitrogens is 1. The van der Waals surface area contributed by atoms with Crippen molar-refractivity contribution in [1.29, 1.82) is 0 Å². The number of aromatic amines is 1. The first-order chi connectivity index (χ1) is 9.28. The zero-order valence-corrected chi connectivity index (χ0v) is 12.4. The monoisotopic (exact) mass is 335 g/mol. The molecule has 3 rings (SSSR count). The lowest BCUT2D eigenvalue weighted by Gasteiger charge is -2.06. The maximum atomic E-state index is 4.49. The molecule has 0 aliphatic rings. The number of benzene rings is 1. The summed E-state index contributed by atoms with van der Waals surface area (Å²) in [6, 6.07) is 8.04. The van der Waals surface area contributed by atoms with E-state index in [1.54, 1.807) is 25.0 Å². The summed E-state index contributed by atoms with van der Waals surface area (Å²) in [5, 5.41) is 11.6. The number of hydrogen-bond donors (Lipinski definition) is 2. The average molecular weight is 336 g/mol. The quantitative estimate of drug-likeness (QED) is 0.719. The minimum absolute atomic E-state index is 0.575. The first-order valence-corrected chi connectivity index (χ1v) is 7.20. The van der Waals surface area contributed by atoms with E-state index >= 15 is 0 Å². The Bertz CT molecular complexity index is 727. The summed E-state index contributed by atoms with van der Waals surface area (Å²) in [6.45, 7) is 0. The van der Waals surface area contributed by atoms with E-state index in [0.29, 0.717) is 5.95 Å². The van der Waals surface area contributed by atoms with Crippen LogP contribution in [-0.4, -0.2) is 27.2 Å². The Hall–Kier alpha value is -1.60. The van der Waals surface area contributed by atoms with E-state index in [0.717, 1.165) is 25.4 Å². The fourth-order valence-corrected chi connectivity index (χ4v) is 3.07. The Morgan fingerprint density at radius 3 is 2.89 bits per heavy atom. The Morgan fingerprint density at radius 1 is 1.26 bits per heavy atom. The van der Waals surface area contributed by atoms with E-state index < -0.39 is 0 Å². The van der Waals surface area contributed by atoms with Crippen molar-refractivity contribution in [2.24, 2.45) is 0 Å². The third-order valence-corrected chi connectivity index (χ3v) is 4.58. The molecule has 2 N–H and O–H groups in total. The lowest BCUT2D eigenvalue weighted by molar-refractivity contribution is 1.06. The van der Waals surface area contributed by atoms with Crippen LogP contribution in [-0.2, 0) is 0 Å². The highest BCUT2D eigenvalue weighted by Crippen LogP contribution is 2.35. The summed E-state index contributed by atoms with van der Waals surface area (Å²) in [6.07, 6.45) is 1.74. The molecule has 0 aliphatic heterocycles. The van der Waals surface area contributed by atoms with Crippen molar-refractivity contribution in [2.45, 2.75) is 9.92 Å². The van der Waals surface area contributed by atoms with Gasteiger partial charge < -0.3 is 5.32 Å². The fraction of sp³-hybridized carbons (Fsp3) is 0.0833. The summed E-state index contributed by atoms with van der Waals surface area (Å²) in [5.74, 6) is 0.575. The number of rotatable bonds is 3. The number of nitrogens with zero attached hydrogens (tertiary/aromatic N) is 3. The molecule has 7 heteroatoms. The number of nitrogens with one attached hydrogen (secondary N) is 2. The summed E-state index contributed by atoms with van der Waals surface area (Å²) < 4.78 is 1.04. The molecular formula is C12H10BrN5S. The Balaban J connectivity index is 2.09. The topological polar surface area (TPSA) is 66.5 Å². The number of fused-ring (bicyclic) bond motifs is 1. The second-order valence-corrected chi connectivity index (χ2v) is 5.65. The molecule has 0 spiro atoms. The van der Waals surface area contributed by atoms with Gasteiger partial charge in [0.15, 0.2) is 5.65 Å². The molecule has 0 saturated carbocycles. The molecule has 2 aromatic heterocycles. The summed E-state index contributed by atoms with van der Waals surface area (Å²) in [4.78, 5) is 9.90. The molecule has 0 amide bonds. The molecule has 5 nitrogen and oxygen atoms in total. The molecule has 19 heavy (non-hydrogen) atoms. The van der Waals surface area contributed by atoms with Gasteiger partial charge in [-0.05, 0) is 28.1 Å². The van der Waals surface area contributed by atoms with Gasteiger partial charge >= 0.3 is 0 Å². The normalized spacial score (nSPS) is 10.8. The standard InChI is InChI=1S/C12H10BrN5S/c1-14-12-16-10-7(6-15-18-10)11(17-12)19-9-5-3-2-4-8(9)13/h2-6H,1H3,(H2,14,15,16,17,18). The Morgan fingerprint density at radius 2 is 2.11 bits per heavy atom. The van der Waals surface area contributed by atoms with Crippen LogP contribution in [0, 0.1) is 0 Å². The van der Waals surface area contributed by atoms with Crippen LogP contribution >= 0.6 is 27.7 Å². The molecule has 0 bridgehead atoms. The van der Waals surface area contributed by atoms with E-state index in [4.69, 9.17) is 0 Å². The van der Waals surface area contributed by atoms with Crippen LogP contribution in [0.2, 0.25) is 0 Å². The van der Waals surface area contributed by atoms with Crippen LogP contribution < -0.4 is 5.32 Å². The molecule has 0 unspecified atom stereocenters. The van der Waals surface area contributed by atoms with Crippen molar-refractivity contribution >= 4 is 44.7 Å². The molecular weight excluding hydrogens is 326 g/mol. The van der Waals surface area contributed by atoms with Crippen LogP contribution in [0.4, 0.5) is 5.95 Å². The van der Waals surface area contributed by atoms with Gasteiger partial charge in [0.25, 0.3) is 0 Å². The highest BCUT2D eigenvalue weighted by atomic mass is 79.9. The molecule has 2 heterocycles. The third kappa shape index (κ3) is 2.43. The van der Waals surface area contributed by atoms with Gasteiger partial charge in [0.1, 0.15) is 5.03 Å². The molecule has 0 saturated heterocycles. The second kappa shape index (κ2) is 5.18. The molecule has 1 aromatic carbocycles. The lowest BCUT2D eigenvalue weighted by atomic mass is 10.4. The molecule has 0 fully saturated rings. The van der Waals surface area contributed by atoms with Gasteiger partial charge in [-0.1, -0.05) is 23.9 Å². The van der Waals surface area contributed by atoms with Gasteiger partial charge in [0, 0.05) is 16.4 Å². The van der Waals surface area contributed by atoms with Gasteiger partial charge in [-0.3, -0.25) is 5.10 Å². The van der Waals surface area contributed by atoms with Crippen molar-refractivity contribution in [1.82, 2.24) is 20.2 Å². The molecule has 3 aromatic rings. The smallest absolute Gasteiger partial charge is 0.225 e. The van der Waals surface area contributed by atoms with Crippen LogP contribution in [0.5, 0.6) is 0 Å². The van der Waals surface area contributed by atoms with E-state index in [1.165, 1.54) is 0 Å². The minimum Gasteiger partial charge on any atom is -0.357 e. The van der Waals surface area contributed by atoms with Crippen molar-refractivity contribution < 1.29 is 0 Å². The molecule has 0 radical (unpaired) electrons. The van der Waals surface area contributed by atoms with E-state index in [2.05, 4.69) is 41.4 Å². The fourth-order valence-electron chi connectivity index (χ4n) is 1.63. The Labute approximate surface area is 122 Å². The van der Waals surface area contributed by atoms with Crippen molar-refractivity contribution in [3.8, 4) is 0 Å². The van der Waals surface area contributed by atoms with E-state index in [9.17, 15) is 0 Å². The summed E-state index contributed by atoms with van der Waals surface area (Å²) in [5.41, 5.74) is 0.730. The predicted octanol–water partition coefficient (Wildman–Crippen LogP) is 3.31. The second-order valence-electron chi connectivity index (χ2n) is 3.77. The van der Waals surface area contributed by atoms with Gasteiger partial charge in [-0.2, -0.15) is 10.1 Å². The largest absolute Gasteiger partial charge is 0.357 e. The third-order valence-electron chi connectivity index (χ3n) is 2.54. The van der Waals surface area contributed by atoms with Crippen molar-refractivity contribution in [3.63, 3.8) is 0 Å². The number of halogens is 1. The average Bonchev–Trinajstić information content (AvgIpc) is 2.89. The zero-order valence-electron chi connectivity index (χ0n) is 10.0. The van der Waals surface area contributed by atoms with Crippen LogP contribution in [0.3, 0.4) is 0 Å². The van der Waals surface area contributed by atoms with Crippen LogP contribution in [0.1, 0.15) is 0 Å². The zero-order chi connectivity index (χ0) is 13.2. The van der Waals surface area contributed by atoms with Gasteiger partial charge in [-0.25, -0.2) is 4.98 Å². The van der Waals surface area contributed by atoms with E-state index in [-0.39, 0.29) is 0 Å². The minimum atomic E-state index is 0.575. The maximum absolute atomic E-state index is 4.49. The van der Waals surface area contributed by atoms with Crippen molar-refractivity contribution in [2.75, 3.05) is 12.4 Å². The maximum Gasteiger partial charge on any atom is 0.225 e. The predicted molar refractivity (Wildman–Crippen MR) is 79.5 cm³/mol. The highest BCUT2D eigenvalue weighted by Gasteiger charge is 2.11. The number of anilines is 1. The van der Waals surface area contributed by atoms with Crippen LogP contribution in [0.25, 0.3) is 11.0 Å². The molecule has 96 valence electrons. The Kier molecular flexibility index (Phi) is 3.39. The van der Waals surface area contributed by atoms with Gasteiger partial charge in [-0.15, -0.1) is 0 Å². The highest BCUT2D eigenvalue weighted by molar-refractivity contribution is 9.10. The van der Waals surface area contributed by atoms with Crippen LogP contribution in [0.15, 0.2) is 44.9 Å². The van der Waals surface area contributed by atoms with Crippen molar-refractivity contribution in [3.05, 3.63) is 34.9 Å². The lowest BCUT2D eigenvalue weighted by Crippen LogP contribution is -1.97. The first-order valence-electron chi connectivity index (χ1n) is 5.59. The molecule has 0 atom stereocenters. The first kappa shape index (κ1) is 12.4. The molecule has 0 aliphatic carbocycles. The van der Waals surface area contributed by atoms with Gasteiger partial charge in [0.05, 0.1) is 11.6 Å².